The van der Waals surface area contributed by atoms with Gasteiger partial charge in [-0.25, -0.2) is 4.98 Å². The van der Waals surface area contributed by atoms with Crippen molar-refractivity contribution in [3.8, 4) is 5.88 Å². The number of nitrogens with zero attached hydrogens (tertiary/aromatic N) is 2. The average molecular weight is 345 g/mol. The fourth-order valence-corrected chi connectivity index (χ4v) is 3.09. The highest BCUT2D eigenvalue weighted by Gasteiger charge is 2.33. The van der Waals surface area contributed by atoms with E-state index >= 15 is 0 Å². The van der Waals surface area contributed by atoms with Crippen molar-refractivity contribution in [2.24, 2.45) is 5.92 Å². The fourth-order valence-electron chi connectivity index (χ4n) is 3.09. The summed E-state index contributed by atoms with van der Waals surface area (Å²) in [4.78, 5) is 30.6. The number of nitrogens with one attached hydrogen (secondary N) is 1. The Kier molecular flexibility index (Phi) is 5.89. The minimum Gasteiger partial charge on any atom is -0.477 e. The van der Waals surface area contributed by atoms with Crippen molar-refractivity contribution >= 4 is 11.8 Å². The lowest BCUT2D eigenvalue weighted by Crippen LogP contribution is -2.45. The van der Waals surface area contributed by atoms with Gasteiger partial charge >= 0.3 is 0 Å². The molecule has 25 heavy (non-hydrogen) atoms. The van der Waals surface area contributed by atoms with Crippen LogP contribution in [0.25, 0.3) is 0 Å². The third-order valence-electron chi connectivity index (χ3n) is 4.77. The molecule has 1 N–H and O–H groups in total. The van der Waals surface area contributed by atoms with E-state index in [9.17, 15) is 9.59 Å². The molecule has 1 atom stereocenters. The molecular formula is C19H27N3O3. The number of carbonyl (C=O) groups is 2. The summed E-state index contributed by atoms with van der Waals surface area (Å²) in [5, 5.41) is 2.93. The van der Waals surface area contributed by atoms with Gasteiger partial charge in [0.1, 0.15) is 6.04 Å². The van der Waals surface area contributed by atoms with Gasteiger partial charge in [0.15, 0.2) is 0 Å². The van der Waals surface area contributed by atoms with Crippen LogP contribution in [-0.2, 0) is 16.1 Å². The van der Waals surface area contributed by atoms with Crippen molar-refractivity contribution in [2.75, 3.05) is 13.2 Å². The number of hydrogen-bond donors (Lipinski definition) is 1. The number of hydrogen-bond acceptors (Lipinski definition) is 4. The molecule has 0 spiro atoms. The van der Waals surface area contributed by atoms with Crippen molar-refractivity contribution in [1.82, 2.24) is 15.2 Å². The topological polar surface area (TPSA) is 71.5 Å². The van der Waals surface area contributed by atoms with Gasteiger partial charge in [-0.05, 0) is 43.6 Å². The Bertz CT molecular complexity index is 598. The summed E-state index contributed by atoms with van der Waals surface area (Å²) < 4.78 is 5.61. The van der Waals surface area contributed by atoms with E-state index in [0.717, 1.165) is 31.4 Å². The van der Waals surface area contributed by atoms with E-state index < -0.39 is 0 Å². The molecule has 136 valence electrons. The fraction of sp³-hybridized carbons (Fsp3) is 0.632. The summed E-state index contributed by atoms with van der Waals surface area (Å²) in [6.07, 6.45) is 7.19. The average Bonchev–Trinajstić information content (AvgIpc) is 3.32. The van der Waals surface area contributed by atoms with E-state index in [0.29, 0.717) is 31.3 Å². The van der Waals surface area contributed by atoms with E-state index in [4.69, 9.17) is 4.74 Å². The maximum absolute atomic E-state index is 12.4. The van der Waals surface area contributed by atoms with E-state index in [1.54, 1.807) is 11.1 Å². The summed E-state index contributed by atoms with van der Waals surface area (Å²) in [5.74, 6) is 1.34. The van der Waals surface area contributed by atoms with Crippen molar-refractivity contribution in [3.05, 3.63) is 23.9 Å². The molecule has 0 aromatic carbocycles. The molecule has 1 aliphatic carbocycles. The van der Waals surface area contributed by atoms with Crippen LogP contribution in [0, 0.1) is 5.92 Å². The van der Waals surface area contributed by atoms with E-state index in [1.165, 1.54) is 12.8 Å². The first kappa shape index (κ1) is 17.7. The molecule has 2 aliphatic rings. The summed E-state index contributed by atoms with van der Waals surface area (Å²) in [5.41, 5.74) is 0.927. The highest BCUT2D eigenvalue weighted by molar-refractivity contribution is 5.88. The minimum absolute atomic E-state index is 0.0731. The number of pyridine rings is 1. The molecule has 0 radical (unpaired) electrons. The lowest BCUT2D eigenvalue weighted by molar-refractivity contribution is -0.138. The van der Waals surface area contributed by atoms with Crippen LogP contribution in [0.4, 0.5) is 0 Å². The van der Waals surface area contributed by atoms with Gasteiger partial charge in [-0.15, -0.1) is 0 Å². The molecular weight excluding hydrogens is 318 g/mol. The van der Waals surface area contributed by atoms with Crippen molar-refractivity contribution in [3.63, 3.8) is 0 Å². The molecule has 2 heterocycles. The maximum atomic E-state index is 12.4. The van der Waals surface area contributed by atoms with Crippen LogP contribution in [0.5, 0.6) is 5.88 Å². The summed E-state index contributed by atoms with van der Waals surface area (Å²) >= 11 is 0. The second-order valence-electron chi connectivity index (χ2n) is 6.97. The van der Waals surface area contributed by atoms with Gasteiger partial charge in [0.05, 0.1) is 6.61 Å². The Morgan fingerprint density at radius 1 is 1.32 bits per heavy atom. The zero-order valence-electron chi connectivity index (χ0n) is 14.9. The largest absolute Gasteiger partial charge is 0.477 e. The molecule has 1 aromatic heterocycles. The standard InChI is InChI=1S/C19H27N3O3/c1-2-4-18(23)22-10-3-5-16(22)19(24)21-12-15-8-9-17(20-11-15)25-13-14-6-7-14/h8-9,11,14,16H,2-7,10,12-13H2,1H3,(H,21,24)/t16-/m0/s1. The van der Waals surface area contributed by atoms with Gasteiger partial charge in [-0.3, -0.25) is 9.59 Å². The molecule has 2 fully saturated rings. The van der Waals surface area contributed by atoms with Crippen LogP contribution < -0.4 is 10.1 Å². The quantitative estimate of drug-likeness (QED) is 0.785. The number of ether oxygens (including phenoxy) is 1. The molecule has 0 bridgehead atoms. The first-order valence-corrected chi connectivity index (χ1v) is 9.32. The summed E-state index contributed by atoms with van der Waals surface area (Å²) in [6, 6.07) is 3.44. The van der Waals surface area contributed by atoms with Crippen LogP contribution in [0.1, 0.15) is 51.0 Å². The van der Waals surface area contributed by atoms with E-state index in [1.807, 2.05) is 19.1 Å². The van der Waals surface area contributed by atoms with Crippen LogP contribution in [0.3, 0.4) is 0 Å². The smallest absolute Gasteiger partial charge is 0.243 e. The number of aromatic nitrogens is 1. The Balaban J connectivity index is 1.46. The molecule has 6 heteroatoms. The van der Waals surface area contributed by atoms with E-state index in [2.05, 4.69) is 10.3 Å². The van der Waals surface area contributed by atoms with Gasteiger partial charge < -0.3 is 15.0 Å². The third-order valence-corrected chi connectivity index (χ3v) is 4.77. The van der Waals surface area contributed by atoms with Crippen molar-refractivity contribution in [2.45, 2.75) is 58.0 Å². The van der Waals surface area contributed by atoms with Crippen LogP contribution in [0.15, 0.2) is 18.3 Å². The number of amides is 2. The Morgan fingerprint density at radius 3 is 2.84 bits per heavy atom. The lowest BCUT2D eigenvalue weighted by atomic mass is 10.2. The van der Waals surface area contributed by atoms with Crippen LogP contribution in [-0.4, -0.2) is 40.9 Å². The molecule has 0 unspecified atom stereocenters. The molecule has 6 nitrogen and oxygen atoms in total. The molecule has 1 saturated carbocycles. The maximum Gasteiger partial charge on any atom is 0.243 e. The predicted molar refractivity (Wildman–Crippen MR) is 93.9 cm³/mol. The predicted octanol–water partition coefficient (Wildman–Crippen LogP) is 2.28. The Morgan fingerprint density at radius 2 is 2.16 bits per heavy atom. The minimum atomic E-state index is -0.326. The van der Waals surface area contributed by atoms with Gasteiger partial charge in [0.25, 0.3) is 0 Å². The Hall–Kier alpha value is -2.11. The van der Waals surface area contributed by atoms with Crippen LogP contribution >= 0.6 is 0 Å². The molecule has 3 rings (SSSR count). The number of rotatable bonds is 8. The molecule has 1 saturated heterocycles. The highest BCUT2D eigenvalue weighted by atomic mass is 16.5. The normalized spacial score (nSPS) is 19.7. The Labute approximate surface area is 148 Å². The molecule has 1 aliphatic heterocycles. The van der Waals surface area contributed by atoms with Gasteiger partial charge in [0.2, 0.25) is 17.7 Å². The summed E-state index contributed by atoms with van der Waals surface area (Å²) in [7, 11) is 0. The van der Waals surface area contributed by atoms with Gasteiger partial charge in [-0.1, -0.05) is 13.0 Å². The lowest BCUT2D eigenvalue weighted by Gasteiger charge is -2.23. The third kappa shape index (κ3) is 4.94. The SMILES string of the molecule is CCCC(=O)N1CCC[C@H]1C(=O)NCc1ccc(OCC2CC2)nc1. The van der Waals surface area contributed by atoms with Gasteiger partial charge in [0, 0.05) is 31.8 Å². The van der Waals surface area contributed by atoms with Crippen molar-refractivity contribution < 1.29 is 14.3 Å². The number of carbonyl (C=O) groups excluding carboxylic acids is 2. The second kappa shape index (κ2) is 8.32. The highest BCUT2D eigenvalue weighted by Crippen LogP contribution is 2.29. The van der Waals surface area contributed by atoms with Crippen LogP contribution in [0.2, 0.25) is 0 Å². The van der Waals surface area contributed by atoms with Crippen molar-refractivity contribution in [1.29, 1.82) is 0 Å². The first-order chi connectivity index (χ1) is 12.2. The molecule has 1 aromatic rings. The monoisotopic (exact) mass is 345 g/mol. The van der Waals surface area contributed by atoms with Gasteiger partial charge in [-0.2, -0.15) is 0 Å². The van der Waals surface area contributed by atoms with E-state index in [-0.39, 0.29) is 17.9 Å². The zero-order valence-corrected chi connectivity index (χ0v) is 14.9. The summed E-state index contributed by atoms with van der Waals surface area (Å²) in [6.45, 7) is 3.83. The molecule has 2 amide bonds. The second-order valence-corrected chi connectivity index (χ2v) is 6.97. The number of likely N-dealkylation sites (tertiary alicyclic amines) is 1. The first-order valence-electron chi connectivity index (χ1n) is 9.32. The zero-order chi connectivity index (χ0) is 17.6.